The van der Waals surface area contributed by atoms with Gasteiger partial charge in [-0.25, -0.2) is 8.42 Å². The van der Waals surface area contributed by atoms with Crippen molar-refractivity contribution in [1.82, 2.24) is 10.1 Å². The maximum atomic E-state index is 11.7. The molecule has 1 atom stereocenters. The number of piperidine rings is 1. The fraction of sp³-hybridized carbons (Fsp3) is 0.440. The lowest BCUT2D eigenvalue weighted by Gasteiger charge is -2.33. The van der Waals surface area contributed by atoms with Crippen molar-refractivity contribution in [1.29, 1.82) is 0 Å². The van der Waals surface area contributed by atoms with Gasteiger partial charge in [-0.05, 0) is 59.7 Å². The van der Waals surface area contributed by atoms with Gasteiger partial charge < -0.3 is 14.2 Å². The summed E-state index contributed by atoms with van der Waals surface area (Å²) in [6, 6.07) is 13.9. The van der Waals surface area contributed by atoms with Gasteiger partial charge in [0.05, 0.1) is 4.90 Å². The van der Waals surface area contributed by atoms with Crippen molar-refractivity contribution in [3.05, 3.63) is 53.9 Å². The van der Waals surface area contributed by atoms with E-state index >= 15 is 0 Å². The second-order valence-corrected chi connectivity index (χ2v) is 11.4. The standard InChI is InChI=1S/C25H29N3O4S/c1-16(2)24-26-25(32-27-24)28-12-10-18(11-13-28)23-15-20-14-19(6-9-22(20)31-23)17-4-7-21(8-5-17)33(3,29)30/h4-9,14,16,18,23H,10-13,15H2,1-3H3. The molecular formula is C25H29N3O4S. The molecule has 3 heterocycles. The van der Waals surface area contributed by atoms with E-state index in [4.69, 9.17) is 9.26 Å². The highest BCUT2D eigenvalue weighted by atomic mass is 32.2. The fourth-order valence-electron chi connectivity index (χ4n) is 4.66. The molecule has 7 nitrogen and oxygen atoms in total. The summed E-state index contributed by atoms with van der Waals surface area (Å²) in [5, 5.41) is 4.08. The lowest BCUT2D eigenvalue weighted by atomic mass is 9.88. The Kier molecular flexibility index (Phi) is 5.64. The Balaban J connectivity index is 1.23. The lowest BCUT2D eigenvalue weighted by Crippen LogP contribution is -2.39. The Bertz CT molecular complexity index is 1240. The van der Waals surface area contributed by atoms with Gasteiger partial charge in [0.25, 0.3) is 0 Å². The van der Waals surface area contributed by atoms with Crippen LogP contribution in [0.25, 0.3) is 11.1 Å². The fourth-order valence-corrected chi connectivity index (χ4v) is 5.29. The van der Waals surface area contributed by atoms with E-state index in [1.165, 1.54) is 11.8 Å². The topological polar surface area (TPSA) is 85.5 Å². The number of fused-ring (bicyclic) bond motifs is 1. The molecule has 3 aromatic rings. The van der Waals surface area contributed by atoms with Crippen LogP contribution in [0, 0.1) is 5.92 Å². The Morgan fingerprint density at radius 1 is 1.03 bits per heavy atom. The first-order valence-electron chi connectivity index (χ1n) is 11.5. The Morgan fingerprint density at radius 3 is 2.36 bits per heavy atom. The number of hydrogen-bond donors (Lipinski definition) is 0. The van der Waals surface area contributed by atoms with Crippen molar-refractivity contribution in [3.63, 3.8) is 0 Å². The molecule has 8 heteroatoms. The predicted octanol–water partition coefficient (Wildman–Crippen LogP) is 4.48. The van der Waals surface area contributed by atoms with E-state index in [1.54, 1.807) is 12.1 Å². The normalized spacial score (nSPS) is 19.0. The van der Waals surface area contributed by atoms with Crippen molar-refractivity contribution in [2.45, 2.75) is 50.0 Å². The maximum Gasteiger partial charge on any atom is 0.324 e. The van der Waals surface area contributed by atoms with Gasteiger partial charge in [-0.15, -0.1) is 0 Å². The highest BCUT2D eigenvalue weighted by Crippen LogP contribution is 2.38. The van der Waals surface area contributed by atoms with Crippen LogP contribution in [0.15, 0.2) is 51.9 Å². The summed E-state index contributed by atoms with van der Waals surface area (Å²) < 4.78 is 35.2. The molecule has 1 saturated heterocycles. The third-order valence-corrected chi connectivity index (χ3v) is 7.79. The third-order valence-electron chi connectivity index (χ3n) is 6.66. The molecule has 2 aliphatic heterocycles. The SMILES string of the molecule is CC(C)c1noc(N2CCC(C3Cc4cc(-c5ccc(S(C)(=O)=O)cc5)ccc4O3)CC2)n1. The van der Waals surface area contributed by atoms with E-state index in [2.05, 4.69) is 35.0 Å². The molecule has 0 spiro atoms. The first-order valence-corrected chi connectivity index (χ1v) is 13.4. The van der Waals surface area contributed by atoms with E-state index in [9.17, 15) is 8.42 Å². The van der Waals surface area contributed by atoms with Crippen LogP contribution in [0.3, 0.4) is 0 Å². The van der Waals surface area contributed by atoms with E-state index < -0.39 is 9.84 Å². The average molecular weight is 468 g/mol. The van der Waals surface area contributed by atoms with Crippen LogP contribution in [0.4, 0.5) is 6.01 Å². The smallest absolute Gasteiger partial charge is 0.324 e. The molecule has 0 N–H and O–H groups in total. The minimum atomic E-state index is -3.19. The summed E-state index contributed by atoms with van der Waals surface area (Å²) in [5.41, 5.74) is 3.29. The Hall–Kier alpha value is -2.87. The largest absolute Gasteiger partial charge is 0.490 e. The first-order chi connectivity index (χ1) is 15.8. The molecule has 0 saturated carbocycles. The lowest BCUT2D eigenvalue weighted by molar-refractivity contribution is 0.137. The van der Waals surface area contributed by atoms with Crippen molar-refractivity contribution < 1.29 is 17.7 Å². The zero-order chi connectivity index (χ0) is 23.2. The summed E-state index contributed by atoms with van der Waals surface area (Å²) in [6.45, 7) is 5.90. The highest BCUT2D eigenvalue weighted by Gasteiger charge is 2.34. The van der Waals surface area contributed by atoms with Gasteiger partial charge in [-0.1, -0.05) is 37.2 Å². The number of nitrogens with zero attached hydrogens (tertiary/aromatic N) is 3. The molecule has 2 aromatic carbocycles. The van der Waals surface area contributed by atoms with Crippen LogP contribution in [0.2, 0.25) is 0 Å². The van der Waals surface area contributed by atoms with E-state index in [-0.39, 0.29) is 12.0 Å². The minimum absolute atomic E-state index is 0.180. The van der Waals surface area contributed by atoms with Crippen LogP contribution in [0.1, 0.15) is 44.0 Å². The zero-order valence-electron chi connectivity index (χ0n) is 19.2. The summed E-state index contributed by atoms with van der Waals surface area (Å²) >= 11 is 0. The molecule has 5 rings (SSSR count). The molecule has 0 radical (unpaired) electrons. The summed E-state index contributed by atoms with van der Waals surface area (Å²) in [4.78, 5) is 7.04. The van der Waals surface area contributed by atoms with Crippen LogP contribution >= 0.6 is 0 Å². The average Bonchev–Trinajstić information content (AvgIpc) is 3.46. The van der Waals surface area contributed by atoms with Gasteiger partial charge in [0.15, 0.2) is 15.7 Å². The minimum Gasteiger partial charge on any atom is -0.490 e. The molecule has 0 amide bonds. The second-order valence-electron chi connectivity index (χ2n) is 9.39. The van der Waals surface area contributed by atoms with Crippen LogP contribution in [0.5, 0.6) is 5.75 Å². The van der Waals surface area contributed by atoms with Crippen LogP contribution in [-0.4, -0.2) is 44.0 Å². The summed E-state index contributed by atoms with van der Waals surface area (Å²) in [5.74, 6) is 2.45. The molecule has 0 bridgehead atoms. The van der Waals surface area contributed by atoms with Crippen molar-refractivity contribution in [2.24, 2.45) is 5.92 Å². The van der Waals surface area contributed by atoms with Gasteiger partial charge >= 0.3 is 6.01 Å². The molecule has 1 aromatic heterocycles. The van der Waals surface area contributed by atoms with Gasteiger partial charge in [0.1, 0.15) is 11.9 Å². The summed E-state index contributed by atoms with van der Waals surface area (Å²) in [6.07, 6.45) is 4.35. The number of aromatic nitrogens is 2. The predicted molar refractivity (Wildman–Crippen MR) is 126 cm³/mol. The van der Waals surface area contributed by atoms with Crippen molar-refractivity contribution in [3.8, 4) is 16.9 Å². The van der Waals surface area contributed by atoms with Crippen molar-refractivity contribution in [2.75, 3.05) is 24.2 Å². The van der Waals surface area contributed by atoms with Gasteiger partial charge in [-0.2, -0.15) is 4.98 Å². The Morgan fingerprint density at radius 2 is 1.73 bits per heavy atom. The van der Waals surface area contributed by atoms with Gasteiger partial charge in [0, 0.05) is 31.7 Å². The molecule has 1 fully saturated rings. The van der Waals surface area contributed by atoms with Crippen molar-refractivity contribution >= 4 is 15.9 Å². The zero-order valence-corrected chi connectivity index (χ0v) is 20.0. The van der Waals surface area contributed by atoms with E-state index in [0.717, 1.165) is 55.1 Å². The molecule has 174 valence electrons. The van der Waals surface area contributed by atoms with Crippen LogP contribution < -0.4 is 9.64 Å². The van der Waals surface area contributed by atoms with Crippen LogP contribution in [-0.2, 0) is 16.3 Å². The van der Waals surface area contributed by atoms with Gasteiger partial charge in [-0.3, -0.25) is 0 Å². The van der Waals surface area contributed by atoms with E-state index in [0.29, 0.717) is 16.8 Å². The second kappa shape index (κ2) is 8.48. The van der Waals surface area contributed by atoms with Gasteiger partial charge in [0.2, 0.25) is 0 Å². The number of benzene rings is 2. The number of sulfone groups is 1. The molecule has 1 unspecified atom stereocenters. The highest BCUT2D eigenvalue weighted by molar-refractivity contribution is 7.90. The monoisotopic (exact) mass is 467 g/mol. The molecule has 33 heavy (non-hydrogen) atoms. The van der Waals surface area contributed by atoms with E-state index in [1.807, 2.05) is 24.3 Å². The quantitative estimate of drug-likeness (QED) is 0.547. The maximum absolute atomic E-state index is 11.7. The summed E-state index contributed by atoms with van der Waals surface area (Å²) in [7, 11) is -3.19. The molecule has 0 aliphatic carbocycles. The first kappa shape index (κ1) is 21.9. The Labute approximate surface area is 194 Å². The number of anilines is 1. The number of rotatable bonds is 5. The third kappa shape index (κ3) is 4.49. The number of hydrogen-bond acceptors (Lipinski definition) is 7. The molecular weight excluding hydrogens is 438 g/mol. The number of ether oxygens (including phenoxy) is 1. The molecule has 2 aliphatic rings.